The molecule has 19 heavy (non-hydrogen) atoms. The Morgan fingerprint density at radius 2 is 1.63 bits per heavy atom. The smallest absolute Gasteiger partial charge is 0.0659 e. The molecule has 0 unspecified atom stereocenters. The lowest BCUT2D eigenvalue weighted by atomic mass is 10.1. The monoisotopic (exact) mass is 249 g/mol. The van der Waals surface area contributed by atoms with Crippen molar-refractivity contribution < 1.29 is 0 Å². The first kappa shape index (κ1) is 13.3. The Hall–Kier alpha value is -2.15. The van der Waals surface area contributed by atoms with E-state index >= 15 is 0 Å². The normalized spacial score (nSPS) is 12.1. The second-order valence-electron chi connectivity index (χ2n) is 4.65. The average molecular weight is 249 g/mol. The van der Waals surface area contributed by atoms with E-state index in [-0.39, 0.29) is 0 Å². The molecule has 0 aliphatic carbocycles. The van der Waals surface area contributed by atoms with Gasteiger partial charge in [-0.15, -0.1) is 0 Å². The SMILES string of the molecule is C/C=C(\C=Nc1ccccc1C)c1ccc(C)cc1. The zero-order valence-electron chi connectivity index (χ0n) is 11.7. The zero-order valence-corrected chi connectivity index (χ0v) is 11.7. The molecule has 0 N–H and O–H groups in total. The minimum absolute atomic E-state index is 1.02. The molecule has 0 aromatic heterocycles. The summed E-state index contributed by atoms with van der Waals surface area (Å²) >= 11 is 0. The second-order valence-corrected chi connectivity index (χ2v) is 4.65. The summed E-state index contributed by atoms with van der Waals surface area (Å²) in [5, 5.41) is 0. The number of nitrogens with zero attached hydrogens (tertiary/aromatic N) is 1. The van der Waals surface area contributed by atoms with Gasteiger partial charge in [0.15, 0.2) is 0 Å². The minimum atomic E-state index is 1.02. The molecule has 1 heteroatoms. The van der Waals surface area contributed by atoms with Crippen LogP contribution in [0, 0.1) is 13.8 Å². The van der Waals surface area contributed by atoms with Crippen LogP contribution < -0.4 is 0 Å². The van der Waals surface area contributed by atoms with E-state index < -0.39 is 0 Å². The second kappa shape index (κ2) is 6.14. The third kappa shape index (κ3) is 3.41. The van der Waals surface area contributed by atoms with Crippen molar-refractivity contribution in [3.05, 3.63) is 71.3 Å². The molecule has 2 rings (SSSR count). The van der Waals surface area contributed by atoms with Crippen LogP contribution in [0.5, 0.6) is 0 Å². The van der Waals surface area contributed by atoms with Gasteiger partial charge in [0.1, 0.15) is 0 Å². The molecule has 0 aliphatic rings. The first-order chi connectivity index (χ1) is 9.20. The molecule has 2 aromatic carbocycles. The molecule has 0 spiro atoms. The molecule has 0 atom stereocenters. The van der Waals surface area contributed by atoms with Crippen LogP contribution in [0.25, 0.3) is 5.57 Å². The summed E-state index contributed by atoms with van der Waals surface area (Å²) < 4.78 is 0. The first-order valence-corrected chi connectivity index (χ1v) is 6.54. The lowest BCUT2D eigenvalue weighted by Crippen LogP contribution is -1.86. The van der Waals surface area contributed by atoms with Crippen LogP contribution in [0.15, 0.2) is 59.6 Å². The molecule has 0 saturated carbocycles. The van der Waals surface area contributed by atoms with Crippen molar-refractivity contribution in [2.75, 3.05) is 0 Å². The van der Waals surface area contributed by atoms with E-state index in [9.17, 15) is 0 Å². The van der Waals surface area contributed by atoms with Crippen molar-refractivity contribution in [1.82, 2.24) is 0 Å². The predicted octanol–water partition coefficient (Wildman–Crippen LogP) is 5.11. The summed E-state index contributed by atoms with van der Waals surface area (Å²) in [5.41, 5.74) is 5.83. The van der Waals surface area contributed by atoms with Crippen molar-refractivity contribution in [1.29, 1.82) is 0 Å². The van der Waals surface area contributed by atoms with Crippen molar-refractivity contribution in [2.45, 2.75) is 20.8 Å². The number of rotatable bonds is 3. The summed E-state index contributed by atoms with van der Waals surface area (Å²) in [6, 6.07) is 16.7. The average Bonchev–Trinajstić information content (AvgIpc) is 2.43. The third-order valence-electron chi connectivity index (χ3n) is 3.15. The lowest BCUT2D eigenvalue weighted by Gasteiger charge is -2.03. The third-order valence-corrected chi connectivity index (χ3v) is 3.15. The van der Waals surface area contributed by atoms with Gasteiger partial charge in [-0.25, -0.2) is 0 Å². The molecule has 0 fully saturated rings. The van der Waals surface area contributed by atoms with Crippen LogP contribution in [0.3, 0.4) is 0 Å². The molecule has 0 radical (unpaired) electrons. The van der Waals surface area contributed by atoms with Crippen LogP contribution in [0.4, 0.5) is 5.69 Å². The van der Waals surface area contributed by atoms with E-state index in [0.29, 0.717) is 0 Å². The summed E-state index contributed by atoms with van der Waals surface area (Å²) in [4.78, 5) is 4.58. The Kier molecular flexibility index (Phi) is 4.30. The van der Waals surface area contributed by atoms with Gasteiger partial charge in [0.2, 0.25) is 0 Å². The van der Waals surface area contributed by atoms with Crippen molar-refractivity contribution in [3.63, 3.8) is 0 Å². The highest BCUT2D eigenvalue weighted by Gasteiger charge is 1.98. The summed E-state index contributed by atoms with van der Waals surface area (Å²) in [5.74, 6) is 0. The molecule has 2 aromatic rings. The summed E-state index contributed by atoms with van der Waals surface area (Å²) in [6.45, 7) is 6.22. The Bertz CT molecular complexity index is 604. The highest BCUT2D eigenvalue weighted by atomic mass is 14.7. The van der Waals surface area contributed by atoms with Crippen LogP contribution in [0.2, 0.25) is 0 Å². The van der Waals surface area contributed by atoms with Gasteiger partial charge in [0.25, 0.3) is 0 Å². The fourth-order valence-corrected chi connectivity index (χ4v) is 1.91. The number of allylic oxidation sites excluding steroid dienone is 2. The predicted molar refractivity (Wildman–Crippen MR) is 84.2 cm³/mol. The van der Waals surface area contributed by atoms with Crippen LogP contribution in [0.1, 0.15) is 23.6 Å². The van der Waals surface area contributed by atoms with Crippen LogP contribution >= 0.6 is 0 Å². The van der Waals surface area contributed by atoms with Gasteiger partial charge in [0.05, 0.1) is 5.69 Å². The Balaban J connectivity index is 2.25. The van der Waals surface area contributed by atoms with Crippen molar-refractivity contribution >= 4 is 17.5 Å². The maximum Gasteiger partial charge on any atom is 0.0659 e. The minimum Gasteiger partial charge on any atom is -0.256 e. The van der Waals surface area contributed by atoms with E-state index in [2.05, 4.69) is 55.2 Å². The van der Waals surface area contributed by atoms with Gasteiger partial charge >= 0.3 is 0 Å². The molecule has 0 saturated heterocycles. The Morgan fingerprint density at radius 1 is 0.947 bits per heavy atom. The van der Waals surface area contributed by atoms with Gasteiger partial charge in [-0.05, 0) is 43.5 Å². The standard InChI is InChI=1S/C18H19N/c1-4-16(17-11-9-14(2)10-12-17)13-19-18-8-6-5-7-15(18)3/h4-13H,1-3H3/b16-4+,19-13?. The number of benzene rings is 2. The van der Waals surface area contributed by atoms with E-state index in [1.165, 1.54) is 16.7 Å². The topological polar surface area (TPSA) is 12.4 Å². The Labute approximate surface area is 115 Å². The highest BCUT2D eigenvalue weighted by Crippen LogP contribution is 2.19. The maximum absolute atomic E-state index is 4.58. The molecule has 0 amide bonds. The first-order valence-electron chi connectivity index (χ1n) is 6.54. The molecular formula is C18H19N. The number of hydrogen-bond acceptors (Lipinski definition) is 1. The molecular weight excluding hydrogens is 230 g/mol. The van der Waals surface area contributed by atoms with E-state index in [0.717, 1.165) is 11.3 Å². The van der Waals surface area contributed by atoms with Gasteiger partial charge in [-0.3, -0.25) is 4.99 Å². The quantitative estimate of drug-likeness (QED) is 0.670. The van der Waals surface area contributed by atoms with Gasteiger partial charge < -0.3 is 0 Å². The summed E-state index contributed by atoms with van der Waals surface area (Å²) in [6.07, 6.45) is 4.03. The molecule has 96 valence electrons. The van der Waals surface area contributed by atoms with Gasteiger partial charge in [-0.2, -0.15) is 0 Å². The lowest BCUT2D eigenvalue weighted by molar-refractivity contribution is 1.41. The fourth-order valence-electron chi connectivity index (χ4n) is 1.91. The van der Waals surface area contributed by atoms with Gasteiger partial charge in [-0.1, -0.05) is 54.1 Å². The number of aliphatic imine (C=N–C) groups is 1. The largest absolute Gasteiger partial charge is 0.256 e. The number of para-hydroxylation sites is 1. The molecule has 0 aliphatic heterocycles. The van der Waals surface area contributed by atoms with Crippen molar-refractivity contribution in [2.24, 2.45) is 4.99 Å². The fraction of sp³-hybridized carbons (Fsp3) is 0.167. The molecule has 0 bridgehead atoms. The number of hydrogen-bond donors (Lipinski definition) is 0. The van der Waals surface area contributed by atoms with Crippen LogP contribution in [-0.4, -0.2) is 6.21 Å². The zero-order chi connectivity index (χ0) is 13.7. The van der Waals surface area contributed by atoms with E-state index in [4.69, 9.17) is 0 Å². The highest BCUT2D eigenvalue weighted by molar-refractivity contribution is 6.10. The van der Waals surface area contributed by atoms with E-state index in [1.807, 2.05) is 31.3 Å². The number of aryl methyl sites for hydroxylation is 2. The Morgan fingerprint density at radius 3 is 2.26 bits per heavy atom. The molecule has 0 heterocycles. The van der Waals surface area contributed by atoms with Crippen LogP contribution in [-0.2, 0) is 0 Å². The van der Waals surface area contributed by atoms with E-state index in [1.54, 1.807) is 0 Å². The van der Waals surface area contributed by atoms with Crippen molar-refractivity contribution in [3.8, 4) is 0 Å². The molecule has 1 nitrogen and oxygen atoms in total. The summed E-state index contributed by atoms with van der Waals surface area (Å²) in [7, 11) is 0. The van der Waals surface area contributed by atoms with Gasteiger partial charge in [0, 0.05) is 6.21 Å². The maximum atomic E-state index is 4.58.